The van der Waals surface area contributed by atoms with Crippen LogP contribution >= 0.6 is 0 Å². The van der Waals surface area contributed by atoms with Crippen molar-refractivity contribution in [1.82, 2.24) is 14.5 Å². The van der Waals surface area contributed by atoms with Crippen LogP contribution in [0.4, 0.5) is 10.1 Å². The molecule has 3 fully saturated rings. The fourth-order valence-corrected chi connectivity index (χ4v) is 5.95. The van der Waals surface area contributed by atoms with E-state index < -0.39 is 38.6 Å². The number of piperidine rings is 1. The molecule has 0 radical (unpaired) electrons. The van der Waals surface area contributed by atoms with Crippen LogP contribution in [-0.4, -0.2) is 87.9 Å². The number of amides is 3. The zero-order chi connectivity index (χ0) is 25.3. The van der Waals surface area contributed by atoms with Gasteiger partial charge in [-0.1, -0.05) is 0 Å². The van der Waals surface area contributed by atoms with Crippen molar-refractivity contribution in [2.75, 3.05) is 44.7 Å². The van der Waals surface area contributed by atoms with E-state index in [-0.39, 0.29) is 30.3 Å². The van der Waals surface area contributed by atoms with Crippen LogP contribution in [0.5, 0.6) is 5.75 Å². The first-order chi connectivity index (χ1) is 16.6. The molecule has 1 aromatic carbocycles. The zero-order valence-electron chi connectivity index (χ0n) is 19.5. The number of methoxy groups -OCH3 is 1. The highest BCUT2D eigenvalue weighted by atomic mass is 32.2. The van der Waals surface area contributed by atoms with Crippen LogP contribution in [0.3, 0.4) is 0 Å². The Morgan fingerprint density at radius 3 is 2.40 bits per heavy atom. The van der Waals surface area contributed by atoms with E-state index in [0.717, 1.165) is 25.0 Å². The number of benzene rings is 1. The van der Waals surface area contributed by atoms with Crippen molar-refractivity contribution in [2.45, 2.75) is 49.1 Å². The molecule has 1 aliphatic carbocycles. The van der Waals surface area contributed by atoms with Gasteiger partial charge in [0.2, 0.25) is 21.8 Å². The normalized spacial score (nSPS) is 20.6. The van der Waals surface area contributed by atoms with Crippen molar-refractivity contribution in [3.63, 3.8) is 0 Å². The number of primary amides is 1. The number of anilines is 1. The van der Waals surface area contributed by atoms with Crippen molar-refractivity contribution in [3.05, 3.63) is 17.9 Å². The summed E-state index contributed by atoms with van der Waals surface area (Å²) < 4.78 is 48.4. The minimum atomic E-state index is -4.66. The second kappa shape index (κ2) is 10.1. The molecule has 0 spiro atoms. The number of carbonyl (C=O) groups is 3. The maximum absolute atomic E-state index is 14.6. The molecule has 13 heteroatoms. The van der Waals surface area contributed by atoms with Gasteiger partial charge in [-0.3, -0.25) is 19.3 Å². The van der Waals surface area contributed by atoms with Gasteiger partial charge in [0.05, 0.1) is 12.8 Å². The molecule has 1 atom stereocenters. The standard InChI is InChI=1S/C22H30FN5O6S/c1-34-20-16(28-7-3-2-4-18(28)29)12-14(23)13-17(20)35(32,33)25-19(21(24)30)22(31)27-10-8-26(9-11-27)15-5-6-15/h12-13,15,19,25H,2-11H2,1H3,(H2,24,30)/t19-/m0/s1. The third-order valence-electron chi connectivity index (χ3n) is 6.60. The molecule has 35 heavy (non-hydrogen) atoms. The fourth-order valence-electron chi connectivity index (χ4n) is 4.60. The predicted molar refractivity (Wildman–Crippen MR) is 124 cm³/mol. The van der Waals surface area contributed by atoms with Crippen molar-refractivity contribution < 1.29 is 31.9 Å². The lowest BCUT2D eigenvalue weighted by Crippen LogP contribution is -2.58. The number of carbonyl (C=O) groups excluding carboxylic acids is 3. The van der Waals surface area contributed by atoms with Crippen LogP contribution in [0.25, 0.3) is 0 Å². The van der Waals surface area contributed by atoms with Crippen LogP contribution in [0.15, 0.2) is 17.0 Å². The monoisotopic (exact) mass is 511 g/mol. The summed E-state index contributed by atoms with van der Waals surface area (Å²) in [5.74, 6) is -3.41. The van der Waals surface area contributed by atoms with E-state index in [1.54, 1.807) is 0 Å². The van der Waals surface area contributed by atoms with Gasteiger partial charge in [0.15, 0.2) is 11.8 Å². The number of nitrogens with one attached hydrogen (secondary N) is 1. The number of sulfonamides is 1. The van der Waals surface area contributed by atoms with Crippen molar-refractivity contribution in [3.8, 4) is 5.75 Å². The highest BCUT2D eigenvalue weighted by Gasteiger charge is 2.38. The lowest BCUT2D eigenvalue weighted by atomic mass is 10.1. The van der Waals surface area contributed by atoms with Gasteiger partial charge in [0, 0.05) is 51.3 Å². The first-order valence-corrected chi connectivity index (χ1v) is 13.1. The molecular weight excluding hydrogens is 481 g/mol. The number of halogens is 1. The van der Waals surface area contributed by atoms with Gasteiger partial charge in [-0.2, -0.15) is 4.72 Å². The molecule has 0 aromatic heterocycles. The molecule has 11 nitrogen and oxygen atoms in total. The van der Waals surface area contributed by atoms with Gasteiger partial charge >= 0.3 is 0 Å². The van der Waals surface area contributed by atoms with Gasteiger partial charge in [0.25, 0.3) is 5.91 Å². The SMILES string of the molecule is COc1c(N2CCCCC2=O)cc(F)cc1S(=O)(=O)N[C@@H](C(N)=O)C(=O)N1CCN(C2CC2)CC1. The molecule has 4 rings (SSSR count). The predicted octanol–water partition coefficient (Wildman–Crippen LogP) is -0.210. The second-order valence-electron chi connectivity index (χ2n) is 9.01. The van der Waals surface area contributed by atoms with Gasteiger partial charge in [0.1, 0.15) is 10.7 Å². The molecule has 3 N–H and O–H groups in total. The Labute approximate surface area is 203 Å². The Kier molecular flexibility index (Phi) is 7.29. The van der Waals surface area contributed by atoms with E-state index in [2.05, 4.69) is 4.90 Å². The smallest absolute Gasteiger partial charge is 0.250 e. The molecular formula is C22H30FN5O6S. The van der Waals surface area contributed by atoms with Crippen molar-refractivity contribution in [1.29, 1.82) is 0 Å². The quantitative estimate of drug-likeness (QED) is 0.460. The number of piperazine rings is 1. The third kappa shape index (κ3) is 5.41. The Hall–Kier alpha value is -2.77. The fraction of sp³-hybridized carbons (Fsp3) is 0.591. The Morgan fingerprint density at radius 2 is 1.83 bits per heavy atom. The van der Waals surface area contributed by atoms with Crippen LogP contribution in [0, 0.1) is 5.82 Å². The molecule has 3 amide bonds. The maximum Gasteiger partial charge on any atom is 0.250 e. The topological polar surface area (TPSA) is 142 Å². The largest absolute Gasteiger partial charge is 0.493 e. The van der Waals surface area contributed by atoms with Gasteiger partial charge in [-0.15, -0.1) is 0 Å². The van der Waals surface area contributed by atoms with Gasteiger partial charge in [-0.25, -0.2) is 12.8 Å². The van der Waals surface area contributed by atoms with Gasteiger partial charge in [-0.05, 0) is 31.7 Å². The van der Waals surface area contributed by atoms with Crippen LogP contribution in [0.2, 0.25) is 0 Å². The van der Waals surface area contributed by atoms with E-state index in [1.807, 2.05) is 4.72 Å². The number of rotatable bonds is 8. The van der Waals surface area contributed by atoms with E-state index in [9.17, 15) is 27.2 Å². The molecule has 0 unspecified atom stereocenters. The average Bonchev–Trinajstić information content (AvgIpc) is 3.67. The van der Waals surface area contributed by atoms with E-state index >= 15 is 0 Å². The lowest BCUT2D eigenvalue weighted by Gasteiger charge is -2.36. The summed E-state index contributed by atoms with van der Waals surface area (Å²) in [6, 6.07) is 0.396. The van der Waals surface area contributed by atoms with Crippen LogP contribution in [-0.2, 0) is 24.4 Å². The molecule has 192 valence electrons. The molecule has 1 aromatic rings. The summed E-state index contributed by atoms with van der Waals surface area (Å²) in [7, 11) is -3.46. The first-order valence-electron chi connectivity index (χ1n) is 11.6. The number of nitrogens with two attached hydrogens (primary N) is 1. The van der Waals surface area contributed by atoms with Crippen LogP contribution < -0.4 is 20.1 Å². The summed E-state index contributed by atoms with van der Waals surface area (Å²) in [6.07, 6.45) is 3.83. The molecule has 1 saturated carbocycles. The summed E-state index contributed by atoms with van der Waals surface area (Å²) >= 11 is 0. The third-order valence-corrected chi connectivity index (χ3v) is 8.03. The number of ether oxygens (including phenoxy) is 1. The van der Waals surface area contributed by atoms with Crippen LogP contribution in [0.1, 0.15) is 32.1 Å². The Balaban J connectivity index is 1.59. The molecule has 0 bridgehead atoms. The lowest BCUT2D eigenvalue weighted by molar-refractivity contribution is -0.139. The van der Waals surface area contributed by atoms with E-state index in [0.29, 0.717) is 45.1 Å². The molecule has 2 heterocycles. The van der Waals surface area contributed by atoms with E-state index in [1.165, 1.54) is 16.9 Å². The number of hydrogen-bond donors (Lipinski definition) is 2. The molecule has 3 aliphatic rings. The van der Waals surface area contributed by atoms with Gasteiger partial charge < -0.3 is 20.3 Å². The molecule has 2 saturated heterocycles. The Morgan fingerprint density at radius 1 is 1.14 bits per heavy atom. The average molecular weight is 512 g/mol. The number of nitrogens with zero attached hydrogens (tertiary/aromatic N) is 3. The summed E-state index contributed by atoms with van der Waals surface area (Å²) in [5.41, 5.74) is 5.37. The highest BCUT2D eigenvalue weighted by Crippen LogP contribution is 2.37. The second-order valence-corrected chi connectivity index (χ2v) is 10.7. The summed E-state index contributed by atoms with van der Waals surface area (Å²) in [5, 5.41) is 0. The minimum Gasteiger partial charge on any atom is -0.493 e. The first kappa shape index (κ1) is 25.3. The van der Waals surface area contributed by atoms with E-state index in [4.69, 9.17) is 10.5 Å². The zero-order valence-corrected chi connectivity index (χ0v) is 20.4. The summed E-state index contributed by atoms with van der Waals surface area (Å²) in [4.78, 5) is 41.9. The van der Waals surface area contributed by atoms with Crippen molar-refractivity contribution in [2.24, 2.45) is 5.73 Å². The minimum absolute atomic E-state index is 0.0317. The van der Waals surface area contributed by atoms with Crippen molar-refractivity contribution >= 4 is 33.4 Å². The number of hydrogen-bond acceptors (Lipinski definition) is 7. The maximum atomic E-state index is 14.6. The highest BCUT2D eigenvalue weighted by molar-refractivity contribution is 7.89. The Bertz CT molecular complexity index is 1120. The summed E-state index contributed by atoms with van der Waals surface area (Å²) in [6.45, 7) is 2.21. The molecule has 2 aliphatic heterocycles.